The van der Waals surface area contributed by atoms with E-state index in [0.717, 1.165) is 0 Å². The molecular weight excluding hydrogens is 170 g/mol. The van der Waals surface area contributed by atoms with Gasteiger partial charge in [-0.1, -0.05) is 0 Å². The molecule has 13 heavy (non-hydrogen) atoms. The molecule has 0 bridgehead atoms. The summed E-state index contributed by atoms with van der Waals surface area (Å²) in [6, 6.07) is 0. The molecule has 0 atom stereocenters. The number of anilines is 1. The molecule has 0 saturated carbocycles. The van der Waals surface area contributed by atoms with Gasteiger partial charge < -0.3 is 10.5 Å². The Morgan fingerprint density at radius 2 is 2.15 bits per heavy atom. The third-order valence-electron chi connectivity index (χ3n) is 1.22. The maximum Gasteiger partial charge on any atom is 0.358 e. The van der Waals surface area contributed by atoms with Gasteiger partial charge >= 0.3 is 5.97 Å². The van der Waals surface area contributed by atoms with Crippen LogP contribution < -0.4 is 5.73 Å². The highest BCUT2D eigenvalue weighted by Crippen LogP contribution is 2.00. The van der Waals surface area contributed by atoms with Gasteiger partial charge in [0.2, 0.25) is 0 Å². The summed E-state index contributed by atoms with van der Waals surface area (Å²) in [4.78, 5) is 18.7. The van der Waals surface area contributed by atoms with Gasteiger partial charge in [-0.15, -0.1) is 0 Å². The molecule has 0 radical (unpaired) electrons. The lowest BCUT2D eigenvalue weighted by atomic mass is 10.4. The zero-order chi connectivity index (χ0) is 9.84. The monoisotopic (exact) mass is 181 g/mol. The minimum Gasteiger partial charge on any atom is -0.458 e. The fourth-order valence-electron chi connectivity index (χ4n) is 0.718. The van der Waals surface area contributed by atoms with Crippen molar-refractivity contribution in [2.45, 2.75) is 20.0 Å². The van der Waals surface area contributed by atoms with Crippen LogP contribution in [0.2, 0.25) is 0 Å². The lowest BCUT2D eigenvalue weighted by Gasteiger charge is -2.06. The van der Waals surface area contributed by atoms with E-state index in [1.54, 1.807) is 13.8 Å². The van der Waals surface area contributed by atoms with Gasteiger partial charge in [0.1, 0.15) is 5.82 Å². The van der Waals surface area contributed by atoms with Crippen molar-refractivity contribution < 1.29 is 9.53 Å². The van der Waals surface area contributed by atoms with Gasteiger partial charge in [0, 0.05) is 0 Å². The standard InChI is InChI=1S/C8H11N3O2/c1-5(2)13-8(12)6-3-11-7(9)4-10-6/h3-5H,1-2H3,(H2,9,11). The maximum absolute atomic E-state index is 11.2. The average molecular weight is 181 g/mol. The summed E-state index contributed by atoms with van der Waals surface area (Å²) >= 11 is 0. The van der Waals surface area contributed by atoms with E-state index in [9.17, 15) is 4.79 Å². The second-order valence-corrected chi connectivity index (χ2v) is 2.78. The first-order valence-corrected chi connectivity index (χ1v) is 3.88. The highest BCUT2D eigenvalue weighted by atomic mass is 16.5. The molecule has 1 heterocycles. The number of hydrogen-bond acceptors (Lipinski definition) is 5. The summed E-state index contributed by atoms with van der Waals surface area (Å²) in [5.74, 6) is -0.205. The average Bonchev–Trinajstić information content (AvgIpc) is 2.04. The number of esters is 1. The Morgan fingerprint density at radius 1 is 1.46 bits per heavy atom. The van der Waals surface area contributed by atoms with Crippen molar-refractivity contribution in [3.05, 3.63) is 18.1 Å². The largest absolute Gasteiger partial charge is 0.458 e. The Labute approximate surface area is 75.9 Å². The number of ether oxygens (including phenoxy) is 1. The molecule has 0 saturated heterocycles. The van der Waals surface area contributed by atoms with Crippen molar-refractivity contribution in [2.24, 2.45) is 0 Å². The summed E-state index contributed by atoms with van der Waals surface area (Å²) < 4.78 is 4.89. The zero-order valence-electron chi connectivity index (χ0n) is 7.52. The van der Waals surface area contributed by atoms with Crippen LogP contribution in [0.4, 0.5) is 5.82 Å². The van der Waals surface area contributed by atoms with E-state index in [1.807, 2.05) is 0 Å². The third-order valence-corrected chi connectivity index (χ3v) is 1.22. The van der Waals surface area contributed by atoms with Crippen LogP contribution in [0, 0.1) is 0 Å². The van der Waals surface area contributed by atoms with E-state index in [1.165, 1.54) is 12.4 Å². The van der Waals surface area contributed by atoms with Crippen LogP contribution in [0.1, 0.15) is 24.3 Å². The summed E-state index contributed by atoms with van der Waals surface area (Å²) in [5, 5.41) is 0. The van der Waals surface area contributed by atoms with Gasteiger partial charge in [-0.05, 0) is 13.8 Å². The second-order valence-electron chi connectivity index (χ2n) is 2.78. The van der Waals surface area contributed by atoms with Crippen molar-refractivity contribution in [1.82, 2.24) is 9.97 Å². The number of aromatic nitrogens is 2. The van der Waals surface area contributed by atoms with Crippen LogP contribution in [0.15, 0.2) is 12.4 Å². The molecule has 0 fully saturated rings. The lowest BCUT2D eigenvalue weighted by Crippen LogP contribution is -2.13. The SMILES string of the molecule is CC(C)OC(=O)c1cnc(N)cn1. The molecule has 2 N–H and O–H groups in total. The molecule has 0 aromatic carbocycles. The fourth-order valence-corrected chi connectivity index (χ4v) is 0.718. The van der Waals surface area contributed by atoms with Gasteiger partial charge in [0.25, 0.3) is 0 Å². The molecular formula is C8H11N3O2. The Morgan fingerprint density at radius 3 is 2.62 bits per heavy atom. The van der Waals surface area contributed by atoms with Gasteiger partial charge in [-0.3, -0.25) is 0 Å². The Kier molecular flexibility index (Phi) is 2.79. The van der Waals surface area contributed by atoms with Crippen LogP contribution in [-0.2, 0) is 4.74 Å². The van der Waals surface area contributed by atoms with Crippen molar-refractivity contribution in [3.8, 4) is 0 Å². The number of rotatable bonds is 2. The van der Waals surface area contributed by atoms with Crippen LogP contribution in [0.3, 0.4) is 0 Å². The third kappa shape index (κ3) is 2.70. The normalized spacial score (nSPS) is 10.1. The number of nitrogens with two attached hydrogens (primary N) is 1. The summed E-state index contributed by atoms with van der Waals surface area (Å²) in [6.07, 6.45) is 2.45. The van der Waals surface area contributed by atoms with Gasteiger partial charge in [-0.2, -0.15) is 0 Å². The van der Waals surface area contributed by atoms with Crippen LogP contribution >= 0.6 is 0 Å². The van der Waals surface area contributed by atoms with Crippen molar-refractivity contribution in [3.63, 3.8) is 0 Å². The second kappa shape index (κ2) is 3.84. The summed E-state index contributed by atoms with van der Waals surface area (Å²) in [7, 11) is 0. The Bertz CT molecular complexity index is 295. The van der Waals surface area contributed by atoms with Crippen LogP contribution in [-0.4, -0.2) is 22.0 Å². The molecule has 1 aromatic rings. The maximum atomic E-state index is 11.2. The predicted octanol–water partition coefficient (Wildman–Crippen LogP) is 0.624. The molecule has 0 amide bonds. The smallest absolute Gasteiger partial charge is 0.358 e. The highest BCUT2D eigenvalue weighted by Gasteiger charge is 2.10. The van der Waals surface area contributed by atoms with E-state index < -0.39 is 5.97 Å². The molecule has 0 aliphatic rings. The topological polar surface area (TPSA) is 78.1 Å². The number of nitrogen functional groups attached to an aromatic ring is 1. The Hall–Kier alpha value is -1.65. The number of hydrogen-bond donors (Lipinski definition) is 1. The quantitative estimate of drug-likeness (QED) is 0.677. The molecule has 1 rings (SSSR count). The van der Waals surface area contributed by atoms with Crippen molar-refractivity contribution in [1.29, 1.82) is 0 Å². The Balaban J connectivity index is 2.72. The van der Waals surface area contributed by atoms with E-state index in [0.29, 0.717) is 0 Å². The molecule has 5 nitrogen and oxygen atoms in total. The van der Waals surface area contributed by atoms with E-state index in [4.69, 9.17) is 10.5 Å². The summed E-state index contributed by atoms with van der Waals surface area (Å²) in [5.41, 5.74) is 5.47. The van der Waals surface area contributed by atoms with Crippen LogP contribution in [0.5, 0.6) is 0 Å². The minimum absolute atomic E-state index is 0.160. The molecule has 5 heteroatoms. The first kappa shape index (κ1) is 9.44. The molecule has 0 aliphatic heterocycles. The number of nitrogens with zero attached hydrogens (tertiary/aromatic N) is 2. The van der Waals surface area contributed by atoms with Gasteiger partial charge in [0.05, 0.1) is 18.5 Å². The molecule has 0 spiro atoms. The first-order valence-electron chi connectivity index (χ1n) is 3.88. The molecule has 0 unspecified atom stereocenters. The molecule has 1 aromatic heterocycles. The zero-order valence-corrected chi connectivity index (χ0v) is 7.52. The minimum atomic E-state index is -0.484. The van der Waals surface area contributed by atoms with E-state index >= 15 is 0 Å². The van der Waals surface area contributed by atoms with Gasteiger partial charge in [0.15, 0.2) is 5.69 Å². The number of carbonyl (C=O) groups is 1. The number of carbonyl (C=O) groups excluding carboxylic acids is 1. The molecule has 70 valence electrons. The van der Waals surface area contributed by atoms with E-state index in [2.05, 4.69) is 9.97 Å². The van der Waals surface area contributed by atoms with Gasteiger partial charge in [-0.25, -0.2) is 14.8 Å². The van der Waals surface area contributed by atoms with Crippen LogP contribution in [0.25, 0.3) is 0 Å². The summed E-state index contributed by atoms with van der Waals surface area (Å²) in [6.45, 7) is 3.53. The van der Waals surface area contributed by atoms with E-state index in [-0.39, 0.29) is 17.6 Å². The predicted molar refractivity (Wildman–Crippen MR) is 47.0 cm³/mol. The van der Waals surface area contributed by atoms with Crippen molar-refractivity contribution in [2.75, 3.05) is 5.73 Å². The van der Waals surface area contributed by atoms with Crippen molar-refractivity contribution >= 4 is 11.8 Å². The first-order chi connectivity index (χ1) is 6.09. The molecule has 0 aliphatic carbocycles. The fraction of sp³-hybridized carbons (Fsp3) is 0.375. The lowest BCUT2D eigenvalue weighted by molar-refractivity contribution is 0.0370. The highest BCUT2D eigenvalue weighted by molar-refractivity contribution is 5.86.